The molecular formula is C15H24N2O. The molecule has 18 heavy (non-hydrogen) atoms. The van der Waals surface area contributed by atoms with E-state index in [1.807, 2.05) is 0 Å². The molecule has 1 fully saturated rings. The highest BCUT2D eigenvalue weighted by Gasteiger charge is 2.14. The van der Waals surface area contributed by atoms with Crippen molar-refractivity contribution < 1.29 is 4.74 Å². The van der Waals surface area contributed by atoms with Gasteiger partial charge in [-0.25, -0.2) is 0 Å². The van der Waals surface area contributed by atoms with Gasteiger partial charge >= 0.3 is 0 Å². The minimum absolute atomic E-state index is 0.212. The van der Waals surface area contributed by atoms with Gasteiger partial charge < -0.3 is 10.5 Å². The first-order valence-corrected chi connectivity index (χ1v) is 6.77. The molecule has 1 aromatic rings. The van der Waals surface area contributed by atoms with Gasteiger partial charge in [0.15, 0.2) is 0 Å². The van der Waals surface area contributed by atoms with Gasteiger partial charge in [-0.15, -0.1) is 0 Å². The van der Waals surface area contributed by atoms with Crippen LogP contribution in [0, 0.1) is 13.8 Å². The standard InChI is InChI=1S/C15H24N2O/c1-12-3-4-13(2)14(9-12)10-15(16)11-17-5-7-18-8-6-17/h3-4,9,15H,5-8,10-11,16H2,1-2H3. The SMILES string of the molecule is Cc1ccc(C)c(CC(N)CN2CCOCC2)c1. The summed E-state index contributed by atoms with van der Waals surface area (Å²) in [6.07, 6.45) is 0.963. The molecule has 3 nitrogen and oxygen atoms in total. The van der Waals surface area contributed by atoms with Gasteiger partial charge in [-0.3, -0.25) is 4.90 Å². The second-order valence-electron chi connectivity index (χ2n) is 5.31. The largest absolute Gasteiger partial charge is 0.379 e. The van der Waals surface area contributed by atoms with Gasteiger partial charge in [-0.1, -0.05) is 23.8 Å². The third-order valence-electron chi connectivity index (χ3n) is 3.58. The number of hydrogen-bond acceptors (Lipinski definition) is 3. The fraction of sp³-hybridized carbons (Fsp3) is 0.600. The predicted molar refractivity (Wildman–Crippen MR) is 74.9 cm³/mol. The van der Waals surface area contributed by atoms with E-state index < -0.39 is 0 Å². The van der Waals surface area contributed by atoms with Crippen molar-refractivity contribution in [3.8, 4) is 0 Å². The van der Waals surface area contributed by atoms with E-state index >= 15 is 0 Å². The summed E-state index contributed by atoms with van der Waals surface area (Å²) in [4.78, 5) is 2.40. The van der Waals surface area contributed by atoms with Gasteiger partial charge in [0.2, 0.25) is 0 Å². The molecule has 1 aromatic carbocycles. The molecule has 0 aromatic heterocycles. The number of morpholine rings is 1. The number of benzene rings is 1. The minimum Gasteiger partial charge on any atom is -0.379 e. The van der Waals surface area contributed by atoms with Crippen LogP contribution in [0.25, 0.3) is 0 Å². The molecule has 2 rings (SSSR count). The van der Waals surface area contributed by atoms with E-state index in [1.54, 1.807) is 0 Å². The van der Waals surface area contributed by atoms with Gasteiger partial charge in [0.05, 0.1) is 13.2 Å². The van der Waals surface area contributed by atoms with Crippen LogP contribution in [-0.2, 0) is 11.2 Å². The van der Waals surface area contributed by atoms with Crippen molar-refractivity contribution in [1.82, 2.24) is 4.90 Å². The summed E-state index contributed by atoms with van der Waals surface area (Å²) in [5.74, 6) is 0. The predicted octanol–water partition coefficient (Wildman–Crippen LogP) is 1.51. The molecule has 0 radical (unpaired) electrons. The lowest BCUT2D eigenvalue weighted by Crippen LogP contribution is -2.44. The number of nitrogens with zero attached hydrogens (tertiary/aromatic N) is 1. The number of hydrogen-bond donors (Lipinski definition) is 1. The van der Waals surface area contributed by atoms with E-state index in [-0.39, 0.29) is 6.04 Å². The molecule has 0 bridgehead atoms. The van der Waals surface area contributed by atoms with Gasteiger partial charge in [-0.2, -0.15) is 0 Å². The van der Waals surface area contributed by atoms with Crippen molar-refractivity contribution in [1.29, 1.82) is 0 Å². The Balaban J connectivity index is 1.89. The summed E-state index contributed by atoms with van der Waals surface area (Å²) in [7, 11) is 0. The first-order chi connectivity index (χ1) is 8.65. The molecule has 0 amide bonds. The Morgan fingerprint density at radius 2 is 2.00 bits per heavy atom. The maximum absolute atomic E-state index is 6.27. The van der Waals surface area contributed by atoms with Crippen LogP contribution >= 0.6 is 0 Å². The van der Waals surface area contributed by atoms with E-state index in [1.165, 1.54) is 16.7 Å². The van der Waals surface area contributed by atoms with Gasteiger partial charge in [-0.05, 0) is 31.4 Å². The molecule has 1 aliphatic heterocycles. The van der Waals surface area contributed by atoms with Crippen molar-refractivity contribution in [2.24, 2.45) is 5.73 Å². The van der Waals surface area contributed by atoms with Gasteiger partial charge in [0, 0.05) is 25.7 Å². The fourth-order valence-corrected chi connectivity index (χ4v) is 2.48. The Morgan fingerprint density at radius 3 is 2.72 bits per heavy atom. The lowest BCUT2D eigenvalue weighted by atomic mass is 9.99. The molecular weight excluding hydrogens is 224 g/mol. The summed E-state index contributed by atoms with van der Waals surface area (Å²) < 4.78 is 5.35. The maximum Gasteiger partial charge on any atom is 0.0594 e. The normalized spacial score (nSPS) is 18.8. The Kier molecular flexibility index (Phi) is 4.75. The van der Waals surface area contributed by atoms with E-state index in [4.69, 9.17) is 10.5 Å². The summed E-state index contributed by atoms with van der Waals surface area (Å²) in [5, 5.41) is 0. The molecule has 1 unspecified atom stereocenters. The van der Waals surface area contributed by atoms with Crippen LogP contribution in [0.3, 0.4) is 0 Å². The van der Waals surface area contributed by atoms with Crippen molar-refractivity contribution >= 4 is 0 Å². The highest BCUT2D eigenvalue weighted by atomic mass is 16.5. The van der Waals surface area contributed by atoms with Crippen LogP contribution < -0.4 is 5.73 Å². The first-order valence-electron chi connectivity index (χ1n) is 6.77. The Morgan fingerprint density at radius 1 is 1.28 bits per heavy atom. The molecule has 2 N–H and O–H groups in total. The molecule has 100 valence electrons. The lowest BCUT2D eigenvalue weighted by molar-refractivity contribution is 0.0353. The zero-order valence-electron chi connectivity index (χ0n) is 11.5. The van der Waals surface area contributed by atoms with Crippen LogP contribution in [0.5, 0.6) is 0 Å². The monoisotopic (exact) mass is 248 g/mol. The van der Waals surface area contributed by atoms with Crippen LogP contribution in [0.4, 0.5) is 0 Å². The summed E-state index contributed by atoms with van der Waals surface area (Å²) in [5.41, 5.74) is 10.3. The number of nitrogens with two attached hydrogens (primary N) is 1. The van der Waals surface area contributed by atoms with Crippen molar-refractivity contribution in [2.45, 2.75) is 26.3 Å². The number of aryl methyl sites for hydroxylation is 2. The third kappa shape index (κ3) is 3.80. The van der Waals surface area contributed by atoms with E-state index in [2.05, 4.69) is 36.9 Å². The van der Waals surface area contributed by atoms with E-state index in [9.17, 15) is 0 Å². The lowest BCUT2D eigenvalue weighted by Gasteiger charge is -2.29. The van der Waals surface area contributed by atoms with Crippen LogP contribution in [-0.4, -0.2) is 43.8 Å². The second kappa shape index (κ2) is 6.32. The Labute approximate surface area is 110 Å². The smallest absolute Gasteiger partial charge is 0.0594 e. The topological polar surface area (TPSA) is 38.5 Å². The van der Waals surface area contributed by atoms with Crippen LogP contribution in [0.1, 0.15) is 16.7 Å². The zero-order valence-corrected chi connectivity index (χ0v) is 11.5. The highest BCUT2D eigenvalue weighted by Crippen LogP contribution is 2.13. The molecule has 0 saturated carbocycles. The minimum atomic E-state index is 0.212. The van der Waals surface area contributed by atoms with Crippen molar-refractivity contribution in [2.75, 3.05) is 32.8 Å². The molecule has 1 atom stereocenters. The third-order valence-corrected chi connectivity index (χ3v) is 3.58. The van der Waals surface area contributed by atoms with E-state index in [0.29, 0.717) is 0 Å². The fourth-order valence-electron chi connectivity index (χ4n) is 2.48. The van der Waals surface area contributed by atoms with Crippen LogP contribution in [0.15, 0.2) is 18.2 Å². The molecule has 0 spiro atoms. The molecule has 1 saturated heterocycles. The second-order valence-corrected chi connectivity index (χ2v) is 5.31. The highest BCUT2D eigenvalue weighted by molar-refractivity contribution is 5.31. The maximum atomic E-state index is 6.27. The van der Waals surface area contributed by atoms with Gasteiger partial charge in [0.1, 0.15) is 0 Å². The van der Waals surface area contributed by atoms with E-state index in [0.717, 1.165) is 39.3 Å². The quantitative estimate of drug-likeness (QED) is 0.877. The average molecular weight is 248 g/mol. The Bertz CT molecular complexity index is 386. The van der Waals surface area contributed by atoms with Crippen molar-refractivity contribution in [3.05, 3.63) is 34.9 Å². The molecule has 1 aliphatic rings. The van der Waals surface area contributed by atoms with Crippen molar-refractivity contribution in [3.63, 3.8) is 0 Å². The summed E-state index contributed by atoms with van der Waals surface area (Å²) in [6, 6.07) is 6.82. The summed E-state index contributed by atoms with van der Waals surface area (Å²) in [6.45, 7) is 8.98. The molecule has 3 heteroatoms. The molecule has 0 aliphatic carbocycles. The number of ether oxygens (including phenoxy) is 1. The Hall–Kier alpha value is -0.900. The average Bonchev–Trinajstić information content (AvgIpc) is 2.35. The summed E-state index contributed by atoms with van der Waals surface area (Å²) >= 11 is 0. The number of rotatable bonds is 4. The van der Waals surface area contributed by atoms with Gasteiger partial charge in [0.25, 0.3) is 0 Å². The first kappa shape index (κ1) is 13.5. The molecule has 1 heterocycles. The zero-order chi connectivity index (χ0) is 13.0. The van der Waals surface area contributed by atoms with Crippen LogP contribution in [0.2, 0.25) is 0 Å².